The van der Waals surface area contributed by atoms with Gasteiger partial charge in [-0.05, 0) is 50.9 Å². The molecule has 134 valence electrons. The largest absolute Gasteiger partial charge is 0.381 e. The molecular formula is C19H29NO4. The second-order valence-corrected chi connectivity index (χ2v) is 7.53. The van der Waals surface area contributed by atoms with Crippen molar-refractivity contribution >= 4 is 5.91 Å². The zero-order valence-corrected chi connectivity index (χ0v) is 14.5. The summed E-state index contributed by atoms with van der Waals surface area (Å²) in [5.74, 6) is 0.860. The molecule has 2 aliphatic carbocycles. The van der Waals surface area contributed by atoms with Gasteiger partial charge in [0.05, 0.1) is 25.4 Å². The maximum atomic E-state index is 12.8. The summed E-state index contributed by atoms with van der Waals surface area (Å²) >= 11 is 0. The average Bonchev–Trinajstić information content (AvgIpc) is 3.30. The summed E-state index contributed by atoms with van der Waals surface area (Å²) in [5, 5.41) is 0. The Morgan fingerprint density at radius 1 is 1.21 bits per heavy atom. The summed E-state index contributed by atoms with van der Waals surface area (Å²) in [6.07, 6.45) is 9.64. The van der Waals surface area contributed by atoms with E-state index in [1.807, 2.05) is 0 Å². The van der Waals surface area contributed by atoms with Crippen LogP contribution in [-0.2, 0) is 19.0 Å². The van der Waals surface area contributed by atoms with Crippen LogP contribution in [0.25, 0.3) is 0 Å². The van der Waals surface area contributed by atoms with E-state index in [0.29, 0.717) is 12.5 Å². The van der Waals surface area contributed by atoms with E-state index in [9.17, 15) is 4.79 Å². The smallest absolute Gasteiger partial charge is 0.249 e. The fraction of sp³-hybridized carbons (Fsp3) is 0.842. The Morgan fingerprint density at radius 2 is 2.08 bits per heavy atom. The number of hydrogen-bond acceptors (Lipinski definition) is 4. The number of carbonyl (C=O) groups excluding carboxylic acids is 1. The third-order valence-corrected chi connectivity index (χ3v) is 6.00. The van der Waals surface area contributed by atoms with Gasteiger partial charge in [0.1, 0.15) is 6.10 Å². The van der Waals surface area contributed by atoms with Gasteiger partial charge < -0.3 is 19.1 Å². The van der Waals surface area contributed by atoms with Gasteiger partial charge in [-0.2, -0.15) is 0 Å². The molecular weight excluding hydrogens is 306 g/mol. The number of ether oxygens (including phenoxy) is 3. The number of nitrogens with zero attached hydrogens (tertiary/aromatic N) is 1. The maximum absolute atomic E-state index is 12.8. The highest BCUT2D eigenvalue weighted by atomic mass is 16.5. The predicted molar refractivity (Wildman–Crippen MR) is 89.7 cm³/mol. The predicted octanol–water partition coefficient (Wildman–Crippen LogP) is 2.30. The van der Waals surface area contributed by atoms with Crippen molar-refractivity contribution in [1.82, 2.24) is 4.90 Å². The normalized spacial score (nSPS) is 34.2. The Labute approximate surface area is 144 Å². The van der Waals surface area contributed by atoms with Crippen LogP contribution >= 0.6 is 0 Å². The molecule has 2 saturated heterocycles. The van der Waals surface area contributed by atoms with Gasteiger partial charge in [-0.1, -0.05) is 6.08 Å². The molecule has 24 heavy (non-hydrogen) atoms. The Kier molecular flexibility index (Phi) is 5.20. The number of hydrogen-bond donors (Lipinski definition) is 0. The second kappa shape index (κ2) is 7.54. The molecule has 0 radical (unpaired) electrons. The highest BCUT2D eigenvalue weighted by Crippen LogP contribution is 2.34. The van der Waals surface area contributed by atoms with E-state index >= 15 is 0 Å². The molecule has 0 bridgehead atoms. The van der Waals surface area contributed by atoms with E-state index in [4.69, 9.17) is 14.2 Å². The van der Waals surface area contributed by atoms with E-state index < -0.39 is 0 Å². The Hall–Kier alpha value is -0.910. The first kappa shape index (κ1) is 16.6. The Morgan fingerprint density at radius 3 is 2.88 bits per heavy atom. The van der Waals surface area contributed by atoms with Crippen molar-refractivity contribution in [2.24, 2.45) is 5.92 Å². The molecule has 4 aliphatic rings. The Bertz CT molecular complexity index is 486. The first-order valence-electron chi connectivity index (χ1n) is 9.64. The van der Waals surface area contributed by atoms with E-state index in [2.05, 4.69) is 11.0 Å². The minimum absolute atomic E-state index is 0.0598. The van der Waals surface area contributed by atoms with Gasteiger partial charge in [0.25, 0.3) is 0 Å². The van der Waals surface area contributed by atoms with E-state index in [0.717, 1.165) is 76.9 Å². The minimum atomic E-state index is 0.0598. The molecule has 0 aromatic carbocycles. The van der Waals surface area contributed by atoms with Gasteiger partial charge in [-0.3, -0.25) is 4.79 Å². The summed E-state index contributed by atoms with van der Waals surface area (Å²) in [4.78, 5) is 14.9. The van der Waals surface area contributed by atoms with Gasteiger partial charge in [-0.15, -0.1) is 0 Å². The molecule has 2 heterocycles. The quantitative estimate of drug-likeness (QED) is 0.791. The van der Waals surface area contributed by atoms with E-state index in [1.54, 1.807) is 0 Å². The van der Waals surface area contributed by atoms with Gasteiger partial charge in [-0.25, -0.2) is 0 Å². The first-order chi connectivity index (χ1) is 11.8. The van der Waals surface area contributed by atoms with Crippen molar-refractivity contribution in [3.63, 3.8) is 0 Å². The van der Waals surface area contributed by atoms with Gasteiger partial charge in [0.2, 0.25) is 5.91 Å². The van der Waals surface area contributed by atoms with Crippen LogP contribution in [0.2, 0.25) is 0 Å². The number of allylic oxidation sites excluding steroid dienone is 1. The van der Waals surface area contributed by atoms with Crippen molar-refractivity contribution in [3.8, 4) is 0 Å². The number of morpholine rings is 1. The summed E-state index contributed by atoms with van der Waals surface area (Å²) in [6.45, 7) is 3.89. The Balaban J connectivity index is 1.34. The second-order valence-electron chi connectivity index (χ2n) is 7.53. The summed E-state index contributed by atoms with van der Waals surface area (Å²) in [5.41, 5.74) is 1.02. The van der Waals surface area contributed by atoms with Crippen LogP contribution in [-0.4, -0.2) is 62.0 Å². The average molecular weight is 335 g/mol. The van der Waals surface area contributed by atoms with E-state index in [1.165, 1.54) is 0 Å². The van der Waals surface area contributed by atoms with Gasteiger partial charge in [0, 0.05) is 25.3 Å². The number of fused-ring (bicyclic) bond motifs is 1. The molecule has 0 spiro atoms. The lowest BCUT2D eigenvalue weighted by Gasteiger charge is -2.39. The SMILES string of the molecule is O=C(C1=CCCC1)N1CCO[C@H]2[C@H](OCC3CCOCC3)CC[C@@H]21. The van der Waals surface area contributed by atoms with Crippen molar-refractivity contribution in [1.29, 1.82) is 0 Å². The molecule has 0 aromatic rings. The summed E-state index contributed by atoms with van der Waals surface area (Å²) in [7, 11) is 0. The summed E-state index contributed by atoms with van der Waals surface area (Å²) < 4.78 is 17.7. The van der Waals surface area contributed by atoms with Crippen molar-refractivity contribution < 1.29 is 19.0 Å². The van der Waals surface area contributed by atoms with E-state index in [-0.39, 0.29) is 24.2 Å². The third kappa shape index (κ3) is 3.39. The standard InChI is InChI=1S/C19H29NO4/c21-19(15-3-1-2-4-15)20-9-12-23-18-16(20)5-6-17(18)24-13-14-7-10-22-11-8-14/h3,14,16-18H,1-2,4-13H2/t16-,17+,18+/m0/s1. The fourth-order valence-electron chi connectivity index (χ4n) is 4.57. The molecule has 5 nitrogen and oxygen atoms in total. The lowest BCUT2D eigenvalue weighted by molar-refractivity contribution is -0.149. The minimum Gasteiger partial charge on any atom is -0.381 e. The number of amides is 1. The lowest BCUT2D eigenvalue weighted by Crippen LogP contribution is -2.54. The molecule has 1 saturated carbocycles. The van der Waals surface area contributed by atoms with Crippen LogP contribution in [0.5, 0.6) is 0 Å². The zero-order chi connectivity index (χ0) is 16.4. The van der Waals surface area contributed by atoms with Crippen LogP contribution in [0, 0.1) is 5.92 Å². The van der Waals surface area contributed by atoms with Crippen LogP contribution in [0.4, 0.5) is 0 Å². The zero-order valence-electron chi connectivity index (χ0n) is 14.5. The molecule has 4 rings (SSSR count). The summed E-state index contributed by atoms with van der Waals surface area (Å²) in [6, 6.07) is 0.201. The highest BCUT2D eigenvalue weighted by Gasteiger charge is 2.45. The molecule has 0 aromatic heterocycles. The van der Waals surface area contributed by atoms with Gasteiger partial charge >= 0.3 is 0 Å². The number of carbonyl (C=O) groups is 1. The lowest BCUT2D eigenvalue weighted by atomic mass is 10.0. The van der Waals surface area contributed by atoms with Crippen LogP contribution in [0.15, 0.2) is 11.6 Å². The number of rotatable bonds is 4. The molecule has 0 unspecified atom stereocenters. The van der Waals surface area contributed by atoms with Crippen molar-refractivity contribution in [3.05, 3.63) is 11.6 Å². The topological polar surface area (TPSA) is 48.0 Å². The van der Waals surface area contributed by atoms with Crippen LogP contribution in [0.1, 0.15) is 44.9 Å². The molecule has 2 aliphatic heterocycles. The van der Waals surface area contributed by atoms with Crippen molar-refractivity contribution in [2.45, 2.75) is 63.2 Å². The third-order valence-electron chi connectivity index (χ3n) is 6.00. The molecule has 3 fully saturated rings. The van der Waals surface area contributed by atoms with Crippen molar-refractivity contribution in [2.75, 3.05) is 33.0 Å². The molecule has 5 heteroatoms. The first-order valence-corrected chi connectivity index (χ1v) is 9.64. The maximum Gasteiger partial charge on any atom is 0.249 e. The molecule has 3 atom stereocenters. The monoisotopic (exact) mass is 335 g/mol. The van der Waals surface area contributed by atoms with Crippen LogP contribution in [0.3, 0.4) is 0 Å². The molecule has 0 N–H and O–H groups in total. The fourth-order valence-corrected chi connectivity index (χ4v) is 4.57. The molecule has 1 amide bonds. The highest BCUT2D eigenvalue weighted by molar-refractivity contribution is 5.94. The van der Waals surface area contributed by atoms with Gasteiger partial charge in [0.15, 0.2) is 0 Å². The van der Waals surface area contributed by atoms with Crippen LogP contribution < -0.4 is 0 Å².